The predicted octanol–water partition coefficient (Wildman–Crippen LogP) is 3.65. The van der Waals surface area contributed by atoms with Crippen LogP contribution in [0.4, 0.5) is 0 Å². The van der Waals surface area contributed by atoms with Crippen molar-refractivity contribution in [1.82, 2.24) is 10.3 Å². The monoisotopic (exact) mass is 350 g/mol. The Morgan fingerprint density at radius 2 is 1.96 bits per heavy atom. The SMILES string of the molecule is O=C(O)C[C@H](NC(=O)c1ocnc1C1CC1)c1ccc2ccccc2c1. The number of carbonyl (C=O) groups excluding carboxylic acids is 1. The number of hydrogen-bond acceptors (Lipinski definition) is 4. The molecule has 0 radical (unpaired) electrons. The lowest BCUT2D eigenvalue weighted by Crippen LogP contribution is -2.30. The fourth-order valence-electron chi connectivity index (χ4n) is 3.15. The molecule has 1 saturated carbocycles. The van der Waals surface area contributed by atoms with Gasteiger partial charge in [-0.25, -0.2) is 4.98 Å². The van der Waals surface area contributed by atoms with Crippen molar-refractivity contribution < 1.29 is 19.1 Å². The van der Waals surface area contributed by atoms with Crippen molar-refractivity contribution >= 4 is 22.6 Å². The summed E-state index contributed by atoms with van der Waals surface area (Å²) < 4.78 is 5.27. The maximum absolute atomic E-state index is 12.6. The molecule has 0 spiro atoms. The second kappa shape index (κ2) is 6.63. The zero-order chi connectivity index (χ0) is 18.1. The Bertz CT molecular complexity index is 975. The molecule has 6 nitrogen and oxygen atoms in total. The second-order valence-electron chi connectivity index (χ2n) is 6.57. The van der Waals surface area contributed by atoms with Crippen LogP contribution < -0.4 is 5.32 Å². The van der Waals surface area contributed by atoms with Crippen LogP contribution >= 0.6 is 0 Å². The molecule has 6 heteroatoms. The van der Waals surface area contributed by atoms with Crippen LogP contribution in [0.5, 0.6) is 0 Å². The van der Waals surface area contributed by atoms with E-state index in [0.717, 1.165) is 29.2 Å². The quantitative estimate of drug-likeness (QED) is 0.708. The highest BCUT2D eigenvalue weighted by Crippen LogP contribution is 2.40. The molecule has 26 heavy (non-hydrogen) atoms. The van der Waals surface area contributed by atoms with Crippen LogP contribution in [0.25, 0.3) is 10.8 Å². The Hall–Kier alpha value is -3.15. The first kappa shape index (κ1) is 16.3. The largest absolute Gasteiger partial charge is 0.481 e. The van der Waals surface area contributed by atoms with Crippen molar-refractivity contribution in [3.8, 4) is 0 Å². The predicted molar refractivity (Wildman–Crippen MR) is 94.9 cm³/mol. The van der Waals surface area contributed by atoms with Crippen molar-refractivity contribution in [2.24, 2.45) is 0 Å². The lowest BCUT2D eigenvalue weighted by atomic mass is 9.99. The van der Waals surface area contributed by atoms with E-state index in [-0.39, 0.29) is 18.1 Å². The average molecular weight is 350 g/mol. The molecule has 2 N–H and O–H groups in total. The van der Waals surface area contributed by atoms with Crippen LogP contribution in [0, 0.1) is 0 Å². The Morgan fingerprint density at radius 3 is 2.69 bits per heavy atom. The summed E-state index contributed by atoms with van der Waals surface area (Å²) in [5.74, 6) is -0.955. The van der Waals surface area contributed by atoms with Crippen molar-refractivity contribution in [3.63, 3.8) is 0 Å². The Morgan fingerprint density at radius 1 is 1.19 bits per heavy atom. The number of nitrogens with zero attached hydrogens (tertiary/aromatic N) is 1. The number of rotatable bonds is 6. The minimum absolute atomic E-state index is 0.184. The number of carboxylic acids is 1. The molecule has 0 unspecified atom stereocenters. The highest BCUT2D eigenvalue weighted by molar-refractivity contribution is 5.93. The summed E-state index contributed by atoms with van der Waals surface area (Å²) in [4.78, 5) is 28.1. The van der Waals surface area contributed by atoms with E-state index >= 15 is 0 Å². The topological polar surface area (TPSA) is 92.4 Å². The minimum atomic E-state index is -0.983. The molecule has 4 rings (SSSR count). The van der Waals surface area contributed by atoms with Gasteiger partial charge in [0.05, 0.1) is 18.2 Å². The second-order valence-corrected chi connectivity index (χ2v) is 6.57. The highest BCUT2D eigenvalue weighted by Gasteiger charge is 2.33. The molecule has 0 saturated heterocycles. The van der Waals surface area contributed by atoms with Crippen molar-refractivity contribution in [2.45, 2.75) is 31.2 Å². The van der Waals surface area contributed by atoms with Crippen LogP contribution in [-0.2, 0) is 4.79 Å². The number of carbonyl (C=O) groups is 2. The van der Waals surface area contributed by atoms with Gasteiger partial charge >= 0.3 is 5.97 Å². The number of hydrogen-bond donors (Lipinski definition) is 2. The first-order valence-corrected chi connectivity index (χ1v) is 8.56. The minimum Gasteiger partial charge on any atom is -0.481 e. The van der Waals surface area contributed by atoms with E-state index in [2.05, 4.69) is 10.3 Å². The zero-order valence-corrected chi connectivity index (χ0v) is 14.0. The van der Waals surface area contributed by atoms with Gasteiger partial charge in [0.1, 0.15) is 0 Å². The molecule has 2 aromatic carbocycles. The van der Waals surface area contributed by atoms with Crippen LogP contribution in [0.15, 0.2) is 53.3 Å². The van der Waals surface area contributed by atoms with Gasteiger partial charge in [0.15, 0.2) is 6.39 Å². The fraction of sp³-hybridized carbons (Fsp3) is 0.250. The molecule has 1 fully saturated rings. The maximum atomic E-state index is 12.6. The van der Waals surface area contributed by atoms with Gasteiger partial charge in [-0.2, -0.15) is 0 Å². The van der Waals surface area contributed by atoms with E-state index in [4.69, 9.17) is 4.42 Å². The van der Waals surface area contributed by atoms with Crippen molar-refractivity contribution in [1.29, 1.82) is 0 Å². The van der Waals surface area contributed by atoms with E-state index in [1.165, 1.54) is 6.39 Å². The number of aliphatic carboxylic acids is 1. The molecule has 0 aliphatic heterocycles. The molecular formula is C20H18N2O4. The summed E-state index contributed by atoms with van der Waals surface area (Å²) in [6, 6.07) is 12.8. The standard InChI is InChI=1S/C20H18N2O4/c23-17(24)10-16(15-8-5-12-3-1-2-4-14(12)9-15)22-20(25)19-18(13-6-7-13)21-11-26-19/h1-5,8-9,11,13,16H,6-7,10H2,(H,22,25)(H,23,24)/t16-/m0/s1. The van der Waals surface area contributed by atoms with Crippen LogP contribution in [0.2, 0.25) is 0 Å². The molecule has 1 aliphatic carbocycles. The number of aromatic nitrogens is 1. The molecule has 1 aromatic heterocycles. The van der Waals surface area contributed by atoms with Crippen LogP contribution in [-0.4, -0.2) is 22.0 Å². The van der Waals surface area contributed by atoms with E-state index < -0.39 is 17.9 Å². The molecule has 1 atom stereocenters. The summed E-state index contributed by atoms with van der Waals surface area (Å²) in [5.41, 5.74) is 1.40. The Balaban J connectivity index is 1.62. The summed E-state index contributed by atoms with van der Waals surface area (Å²) in [5, 5.41) is 14.1. The molecule has 132 valence electrons. The normalized spacial score (nSPS) is 14.9. The molecule has 0 bridgehead atoms. The third kappa shape index (κ3) is 3.31. The van der Waals surface area contributed by atoms with E-state index in [0.29, 0.717) is 5.69 Å². The van der Waals surface area contributed by atoms with Gasteiger partial charge in [0.25, 0.3) is 5.91 Å². The number of amides is 1. The summed E-state index contributed by atoms with van der Waals surface area (Å²) in [6.45, 7) is 0. The van der Waals surface area contributed by atoms with Gasteiger partial charge < -0.3 is 14.8 Å². The molecular weight excluding hydrogens is 332 g/mol. The van der Waals surface area contributed by atoms with Gasteiger partial charge in [-0.15, -0.1) is 0 Å². The third-order valence-electron chi connectivity index (χ3n) is 4.63. The van der Waals surface area contributed by atoms with Gasteiger partial charge in [-0.3, -0.25) is 9.59 Å². The number of oxazole rings is 1. The first-order chi connectivity index (χ1) is 12.6. The lowest BCUT2D eigenvalue weighted by molar-refractivity contribution is -0.137. The van der Waals surface area contributed by atoms with Crippen LogP contribution in [0.1, 0.15) is 53.0 Å². The van der Waals surface area contributed by atoms with Gasteiger partial charge in [0.2, 0.25) is 5.76 Å². The Labute approximate surface area is 149 Å². The van der Waals surface area contributed by atoms with Gasteiger partial charge in [0, 0.05) is 5.92 Å². The summed E-state index contributed by atoms with van der Waals surface area (Å²) in [6.07, 6.45) is 3.05. The highest BCUT2D eigenvalue weighted by atomic mass is 16.4. The fourth-order valence-corrected chi connectivity index (χ4v) is 3.15. The number of fused-ring (bicyclic) bond motifs is 1. The number of nitrogens with one attached hydrogen (secondary N) is 1. The van der Waals surface area contributed by atoms with Crippen LogP contribution in [0.3, 0.4) is 0 Å². The maximum Gasteiger partial charge on any atom is 0.305 e. The zero-order valence-electron chi connectivity index (χ0n) is 14.0. The van der Waals surface area contributed by atoms with Gasteiger partial charge in [-0.1, -0.05) is 36.4 Å². The van der Waals surface area contributed by atoms with Gasteiger partial charge in [-0.05, 0) is 35.2 Å². The van der Waals surface area contributed by atoms with E-state index in [1.54, 1.807) is 0 Å². The van der Waals surface area contributed by atoms with E-state index in [9.17, 15) is 14.7 Å². The molecule has 1 aliphatic rings. The lowest BCUT2D eigenvalue weighted by Gasteiger charge is -2.17. The smallest absolute Gasteiger partial charge is 0.305 e. The molecule has 3 aromatic rings. The number of carboxylic acid groups (broad SMARTS) is 1. The average Bonchev–Trinajstić information content (AvgIpc) is 3.36. The molecule has 1 amide bonds. The molecule has 1 heterocycles. The van der Waals surface area contributed by atoms with Crippen molar-refractivity contribution in [3.05, 3.63) is 65.9 Å². The summed E-state index contributed by atoms with van der Waals surface area (Å²) in [7, 11) is 0. The Kier molecular flexibility index (Phi) is 4.16. The summed E-state index contributed by atoms with van der Waals surface area (Å²) >= 11 is 0. The number of benzene rings is 2. The first-order valence-electron chi connectivity index (χ1n) is 8.56. The third-order valence-corrected chi connectivity index (χ3v) is 4.63. The van der Waals surface area contributed by atoms with Crippen molar-refractivity contribution in [2.75, 3.05) is 0 Å². The van der Waals surface area contributed by atoms with E-state index in [1.807, 2.05) is 42.5 Å².